The smallest absolute Gasteiger partial charge is 0.130 e. The van der Waals surface area contributed by atoms with E-state index in [4.69, 9.17) is 9.47 Å². The molecule has 0 aromatic heterocycles. The lowest BCUT2D eigenvalue weighted by molar-refractivity contribution is 0.0635. The van der Waals surface area contributed by atoms with Crippen molar-refractivity contribution in [1.29, 1.82) is 0 Å². The van der Waals surface area contributed by atoms with Crippen LogP contribution >= 0.6 is 0 Å². The molecule has 1 unspecified atom stereocenters. The predicted molar refractivity (Wildman–Crippen MR) is 106 cm³/mol. The quantitative estimate of drug-likeness (QED) is 0.619. The fourth-order valence-electron chi connectivity index (χ4n) is 2.78. The van der Waals surface area contributed by atoms with Crippen LogP contribution in [0, 0.1) is 17.6 Å². The highest BCUT2D eigenvalue weighted by Gasteiger charge is 2.16. The molecule has 0 radical (unpaired) electrons. The second-order valence-electron chi connectivity index (χ2n) is 7.29. The summed E-state index contributed by atoms with van der Waals surface area (Å²) in [6.45, 7) is 5.68. The number of hydrogen-bond donors (Lipinski definition) is 1. The van der Waals surface area contributed by atoms with Gasteiger partial charge >= 0.3 is 0 Å². The van der Waals surface area contributed by atoms with Crippen LogP contribution in [0.4, 0.5) is 8.78 Å². The number of rotatable bonds is 11. The third-order valence-electron chi connectivity index (χ3n) is 4.40. The summed E-state index contributed by atoms with van der Waals surface area (Å²) in [6, 6.07) is 10.7. The molecule has 0 aliphatic carbocycles. The lowest BCUT2D eigenvalue weighted by atomic mass is 10.1. The van der Waals surface area contributed by atoms with Crippen molar-refractivity contribution in [3.8, 4) is 11.5 Å². The number of halogens is 2. The SMILES string of the molecule is COc1ccc(OCC(O)CN(CCC(C)C)Cc2ccc(F)cc2F)cc1. The molecule has 154 valence electrons. The minimum Gasteiger partial charge on any atom is -0.497 e. The highest BCUT2D eigenvalue weighted by atomic mass is 19.1. The van der Waals surface area contributed by atoms with E-state index in [-0.39, 0.29) is 6.61 Å². The van der Waals surface area contributed by atoms with Crippen LogP contribution < -0.4 is 9.47 Å². The minimum absolute atomic E-state index is 0.121. The average Bonchev–Trinajstić information content (AvgIpc) is 2.67. The maximum atomic E-state index is 14.0. The van der Waals surface area contributed by atoms with Gasteiger partial charge in [-0.05, 0) is 49.2 Å². The summed E-state index contributed by atoms with van der Waals surface area (Å²) in [7, 11) is 1.59. The minimum atomic E-state index is -0.738. The highest BCUT2D eigenvalue weighted by Crippen LogP contribution is 2.18. The first kappa shape index (κ1) is 22.1. The molecule has 6 heteroatoms. The fraction of sp³-hybridized carbons (Fsp3) is 0.455. The number of methoxy groups -OCH3 is 1. The normalized spacial score (nSPS) is 12.4. The van der Waals surface area contributed by atoms with Crippen LogP contribution in [0.5, 0.6) is 11.5 Å². The molecule has 0 heterocycles. The lowest BCUT2D eigenvalue weighted by Gasteiger charge is -2.26. The van der Waals surface area contributed by atoms with Gasteiger partial charge in [0.15, 0.2) is 0 Å². The summed E-state index contributed by atoms with van der Waals surface area (Å²) in [5.41, 5.74) is 0.411. The van der Waals surface area contributed by atoms with Crippen molar-refractivity contribution in [2.24, 2.45) is 5.92 Å². The molecule has 0 saturated carbocycles. The Kier molecular flexibility index (Phi) is 8.67. The van der Waals surface area contributed by atoms with Crippen LogP contribution in [-0.2, 0) is 6.54 Å². The molecule has 1 atom stereocenters. The van der Waals surface area contributed by atoms with Gasteiger partial charge in [0, 0.05) is 24.7 Å². The van der Waals surface area contributed by atoms with Gasteiger partial charge in [-0.1, -0.05) is 19.9 Å². The molecule has 0 amide bonds. The molecular formula is C22H29F2NO3. The van der Waals surface area contributed by atoms with E-state index in [1.54, 1.807) is 31.4 Å². The van der Waals surface area contributed by atoms with Crippen molar-refractivity contribution in [2.75, 3.05) is 26.8 Å². The van der Waals surface area contributed by atoms with E-state index in [1.807, 2.05) is 4.90 Å². The lowest BCUT2D eigenvalue weighted by Crippen LogP contribution is -2.36. The van der Waals surface area contributed by atoms with Crippen LogP contribution in [0.2, 0.25) is 0 Å². The largest absolute Gasteiger partial charge is 0.497 e. The molecule has 4 nitrogen and oxygen atoms in total. The van der Waals surface area contributed by atoms with Gasteiger partial charge in [0.1, 0.15) is 35.8 Å². The van der Waals surface area contributed by atoms with Gasteiger partial charge in [0.2, 0.25) is 0 Å². The van der Waals surface area contributed by atoms with Crippen molar-refractivity contribution < 1.29 is 23.4 Å². The first-order chi connectivity index (χ1) is 13.4. The summed E-state index contributed by atoms with van der Waals surface area (Å²) in [5.74, 6) is 0.682. The molecular weight excluding hydrogens is 364 g/mol. The van der Waals surface area contributed by atoms with Gasteiger partial charge < -0.3 is 14.6 Å². The summed E-state index contributed by atoms with van der Waals surface area (Å²) < 4.78 is 37.9. The molecule has 1 N–H and O–H groups in total. The number of aliphatic hydroxyl groups is 1. The number of ether oxygens (including phenoxy) is 2. The van der Waals surface area contributed by atoms with Gasteiger partial charge in [0.25, 0.3) is 0 Å². The van der Waals surface area contributed by atoms with Crippen LogP contribution in [0.25, 0.3) is 0 Å². The third kappa shape index (κ3) is 7.44. The van der Waals surface area contributed by atoms with Crippen LogP contribution in [0.1, 0.15) is 25.8 Å². The number of benzene rings is 2. The Hall–Kier alpha value is -2.18. The fourth-order valence-corrected chi connectivity index (χ4v) is 2.78. The Morgan fingerprint density at radius 2 is 1.71 bits per heavy atom. The maximum absolute atomic E-state index is 14.0. The van der Waals surface area contributed by atoms with Gasteiger partial charge in [0.05, 0.1) is 7.11 Å². The molecule has 0 saturated heterocycles. The molecule has 0 spiro atoms. The van der Waals surface area contributed by atoms with Crippen molar-refractivity contribution in [1.82, 2.24) is 4.90 Å². The molecule has 0 aliphatic rings. The molecule has 28 heavy (non-hydrogen) atoms. The topological polar surface area (TPSA) is 41.9 Å². The number of nitrogens with zero attached hydrogens (tertiary/aromatic N) is 1. The molecule has 0 fully saturated rings. The van der Waals surface area contributed by atoms with Crippen molar-refractivity contribution >= 4 is 0 Å². The van der Waals surface area contributed by atoms with Crippen LogP contribution in [0.3, 0.4) is 0 Å². The second-order valence-corrected chi connectivity index (χ2v) is 7.29. The molecule has 2 aromatic carbocycles. The zero-order valence-electron chi connectivity index (χ0n) is 16.7. The first-order valence-corrected chi connectivity index (χ1v) is 9.48. The summed E-state index contributed by atoms with van der Waals surface area (Å²) in [5, 5.41) is 10.4. The van der Waals surface area contributed by atoms with Gasteiger partial charge in [-0.3, -0.25) is 4.90 Å². The molecule has 0 bridgehead atoms. The van der Waals surface area contributed by atoms with Crippen molar-refractivity contribution in [2.45, 2.75) is 32.9 Å². The Labute approximate surface area is 165 Å². The zero-order chi connectivity index (χ0) is 20.5. The van der Waals surface area contributed by atoms with E-state index in [2.05, 4.69) is 13.8 Å². The van der Waals surface area contributed by atoms with E-state index in [0.717, 1.165) is 18.2 Å². The summed E-state index contributed by atoms with van der Waals surface area (Å²) in [4.78, 5) is 1.97. The summed E-state index contributed by atoms with van der Waals surface area (Å²) >= 11 is 0. The monoisotopic (exact) mass is 393 g/mol. The third-order valence-corrected chi connectivity index (χ3v) is 4.40. The number of hydrogen-bond acceptors (Lipinski definition) is 4. The average molecular weight is 393 g/mol. The number of aliphatic hydroxyl groups excluding tert-OH is 1. The Morgan fingerprint density at radius 3 is 2.32 bits per heavy atom. The van der Waals surface area contributed by atoms with Gasteiger partial charge in [-0.25, -0.2) is 8.78 Å². The molecule has 2 aromatic rings. The molecule has 0 aliphatic heterocycles. The first-order valence-electron chi connectivity index (χ1n) is 9.48. The Bertz CT molecular complexity index is 722. The Balaban J connectivity index is 1.93. The van der Waals surface area contributed by atoms with E-state index in [0.29, 0.717) is 36.9 Å². The van der Waals surface area contributed by atoms with Crippen LogP contribution in [0.15, 0.2) is 42.5 Å². The summed E-state index contributed by atoms with van der Waals surface area (Å²) in [6.07, 6.45) is 0.173. The van der Waals surface area contributed by atoms with E-state index in [9.17, 15) is 13.9 Å². The van der Waals surface area contributed by atoms with Gasteiger partial charge in [-0.15, -0.1) is 0 Å². The van der Waals surface area contributed by atoms with E-state index < -0.39 is 17.7 Å². The molecule has 2 rings (SSSR count). The van der Waals surface area contributed by atoms with E-state index >= 15 is 0 Å². The van der Waals surface area contributed by atoms with Crippen molar-refractivity contribution in [3.63, 3.8) is 0 Å². The zero-order valence-corrected chi connectivity index (χ0v) is 16.7. The predicted octanol–water partition coefficient (Wildman–Crippen LogP) is 4.26. The van der Waals surface area contributed by atoms with E-state index in [1.165, 1.54) is 12.1 Å². The van der Waals surface area contributed by atoms with Crippen LogP contribution in [-0.4, -0.2) is 42.9 Å². The second kappa shape index (κ2) is 11.0. The van der Waals surface area contributed by atoms with Gasteiger partial charge in [-0.2, -0.15) is 0 Å². The standard InChI is InChI=1S/C22H29F2NO3/c1-16(2)10-11-25(13-17-4-5-18(23)12-22(17)24)14-19(26)15-28-21-8-6-20(27-3)7-9-21/h4-9,12,16,19,26H,10-11,13-15H2,1-3H3. The highest BCUT2D eigenvalue weighted by molar-refractivity contribution is 5.31. The van der Waals surface area contributed by atoms with Crippen molar-refractivity contribution in [3.05, 3.63) is 59.7 Å². The Morgan fingerprint density at radius 1 is 1.04 bits per heavy atom. The maximum Gasteiger partial charge on any atom is 0.130 e.